The van der Waals surface area contributed by atoms with Gasteiger partial charge >= 0.3 is 0 Å². The predicted molar refractivity (Wildman–Crippen MR) is 58.5 cm³/mol. The quantitative estimate of drug-likeness (QED) is 0.731. The van der Waals surface area contributed by atoms with Gasteiger partial charge in [0.1, 0.15) is 0 Å². The van der Waals surface area contributed by atoms with E-state index in [-0.39, 0.29) is 5.60 Å². The van der Waals surface area contributed by atoms with Crippen LogP contribution in [0.25, 0.3) is 0 Å². The number of likely N-dealkylation sites (N-methyl/N-ethyl adjacent to an activating group) is 1. The van der Waals surface area contributed by atoms with Crippen molar-refractivity contribution in [2.75, 3.05) is 13.1 Å². The van der Waals surface area contributed by atoms with Crippen LogP contribution in [0.5, 0.6) is 0 Å². The van der Waals surface area contributed by atoms with Gasteiger partial charge in [-0.2, -0.15) is 0 Å². The summed E-state index contributed by atoms with van der Waals surface area (Å²) in [6.45, 7) is 4.31. The smallest absolute Gasteiger partial charge is 0.0810 e. The molecule has 1 N–H and O–H groups in total. The van der Waals surface area contributed by atoms with Gasteiger partial charge in [-0.05, 0) is 38.6 Å². The zero-order valence-electron chi connectivity index (χ0n) is 9.35. The molecule has 0 radical (unpaired) electrons. The molecule has 2 nitrogen and oxygen atoms in total. The first-order chi connectivity index (χ1) is 6.85. The summed E-state index contributed by atoms with van der Waals surface area (Å²) < 4.78 is 6.27. The Kier molecular flexibility index (Phi) is 3.45. The molecule has 0 aliphatic heterocycles. The molecule has 82 valence electrons. The zero-order valence-corrected chi connectivity index (χ0v) is 9.35. The van der Waals surface area contributed by atoms with E-state index >= 15 is 0 Å². The predicted octanol–water partition coefficient (Wildman–Crippen LogP) is 2.48. The number of ether oxygens (including phenoxy) is 1. The monoisotopic (exact) mass is 197 g/mol. The molecule has 0 bridgehead atoms. The second kappa shape index (κ2) is 4.63. The Bertz CT molecular complexity index is 171. The third kappa shape index (κ3) is 2.29. The van der Waals surface area contributed by atoms with Crippen molar-refractivity contribution in [3.05, 3.63) is 0 Å². The highest BCUT2D eigenvalue weighted by molar-refractivity contribution is 4.90. The summed E-state index contributed by atoms with van der Waals surface area (Å²) in [5, 5.41) is 3.46. The summed E-state index contributed by atoms with van der Waals surface area (Å²) in [4.78, 5) is 0. The third-order valence-corrected chi connectivity index (χ3v) is 3.68. The largest absolute Gasteiger partial charge is 0.370 e. The van der Waals surface area contributed by atoms with Gasteiger partial charge in [0.05, 0.1) is 11.7 Å². The Labute approximate surface area is 87.4 Å². The van der Waals surface area contributed by atoms with Crippen LogP contribution in [0.4, 0.5) is 0 Å². The van der Waals surface area contributed by atoms with Crippen molar-refractivity contribution in [2.45, 2.75) is 63.6 Å². The van der Waals surface area contributed by atoms with Crippen molar-refractivity contribution in [1.29, 1.82) is 0 Å². The molecule has 14 heavy (non-hydrogen) atoms. The van der Waals surface area contributed by atoms with Gasteiger partial charge in [0.25, 0.3) is 0 Å². The van der Waals surface area contributed by atoms with E-state index in [1.807, 2.05) is 0 Å². The van der Waals surface area contributed by atoms with E-state index < -0.39 is 0 Å². The lowest BCUT2D eigenvalue weighted by Gasteiger charge is -2.38. The van der Waals surface area contributed by atoms with Crippen LogP contribution in [0.1, 0.15) is 51.9 Å². The van der Waals surface area contributed by atoms with E-state index in [4.69, 9.17) is 4.74 Å². The summed E-state index contributed by atoms with van der Waals surface area (Å²) >= 11 is 0. The van der Waals surface area contributed by atoms with Crippen LogP contribution in [0, 0.1) is 0 Å². The molecule has 0 aromatic rings. The molecule has 2 fully saturated rings. The van der Waals surface area contributed by atoms with Crippen LogP contribution in [0.3, 0.4) is 0 Å². The van der Waals surface area contributed by atoms with Crippen LogP contribution in [-0.2, 0) is 4.74 Å². The molecule has 0 heterocycles. The summed E-state index contributed by atoms with van der Waals surface area (Å²) in [6, 6.07) is 0. The number of hydrogen-bond donors (Lipinski definition) is 1. The zero-order chi connectivity index (χ0) is 9.86. The minimum absolute atomic E-state index is 0.209. The molecule has 0 saturated heterocycles. The summed E-state index contributed by atoms with van der Waals surface area (Å²) in [5.74, 6) is 0. The molecule has 2 aliphatic carbocycles. The fourth-order valence-corrected chi connectivity index (χ4v) is 2.55. The van der Waals surface area contributed by atoms with Crippen LogP contribution in [-0.4, -0.2) is 24.8 Å². The summed E-state index contributed by atoms with van der Waals surface area (Å²) in [7, 11) is 0. The fourth-order valence-electron chi connectivity index (χ4n) is 2.55. The van der Waals surface area contributed by atoms with Crippen LogP contribution >= 0.6 is 0 Å². The minimum Gasteiger partial charge on any atom is -0.370 e. The topological polar surface area (TPSA) is 21.3 Å². The van der Waals surface area contributed by atoms with Crippen molar-refractivity contribution in [3.8, 4) is 0 Å². The number of hydrogen-bond acceptors (Lipinski definition) is 2. The first kappa shape index (κ1) is 10.4. The standard InChI is InChI=1S/C12H23NO/c1-2-13-10-12(8-3-4-9-12)14-11-6-5-7-11/h11,13H,2-10H2,1H3. The van der Waals surface area contributed by atoms with Gasteiger partial charge in [-0.1, -0.05) is 19.8 Å². The highest BCUT2D eigenvalue weighted by atomic mass is 16.5. The maximum Gasteiger partial charge on any atom is 0.0810 e. The second-order valence-electron chi connectivity index (χ2n) is 4.84. The maximum atomic E-state index is 6.27. The van der Waals surface area contributed by atoms with Gasteiger partial charge < -0.3 is 10.1 Å². The number of nitrogens with one attached hydrogen (secondary N) is 1. The molecular weight excluding hydrogens is 174 g/mol. The van der Waals surface area contributed by atoms with Crippen molar-refractivity contribution in [3.63, 3.8) is 0 Å². The van der Waals surface area contributed by atoms with Crippen LogP contribution in [0.15, 0.2) is 0 Å². The SMILES string of the molecule is CCNCC1(OC2CCC2)CCCC1. The van der Waals surface area contributed by atoms with Gasteiger partial charge in [0.15, 0.2) is 0 Å². The normalized spacial score (nSPS) is 26.4. The molecule has 0 amide bonds. The first-order valence-corrected chi connectivity index (χ1v) is 6.23. The van der Waals surface area contributed by atoms with Gasteiger partial charge in [-0.3, -0.25) is 0 Å². The lowest BCUT2D eigenvalue weighted by molar-refractivity contribution is -0.116. The molecule has 0 unspecified atom stereocenters. The molecule has 2 heteroatoms. The fraction of sp³-hybridized carbons (Fsp3) is 1.00. The average Bonchev–Trinajstić information content (AvgIpc) is 2.58. The van der Waals surface area contributed by atoms with E-state index in [9.17, 15) is 0 Å². The van der Waals surface area contributed by atoms with Crippen LogP contribution in [0.2, 0.25) is 0 Å². The lowest BCUT2D eigenvalue weighted by Crippen LogP contribution is -2.44. The second-order valence-corrected chi connectivity index (χ2v) is 4.84. The Morgan fingerprint density at radius 2 is 1.93 bits per heavy atom. The molecule has 0 aromatic heterocycles. The Morgan fingerprint density at radius 3 is 2.43 bits per heavy atom. The highest BCUT2D eigenvalue weighted by Crippen LogP contribution is 2.37. The molecule has 0 aromatic carbocycles. The Balaban J connectivity index is 1.84. The molecule has 2 rings (SSSR count). The molecule has 0 spiro atoms. The summed E-state index contributed by atoms with van der Waals surface area (Å²) in [6.07, 6.45) is 9.83. The summed E-state index contributed by atoms with van der Waals surface area (Å²) in [5.41, 5.74) is 0.209. The Hall–Kier alpha value is -0.0800. The van der Waals surface area contributed by atoms with Gasteiger partial charge in [-0.25, -0.2) is 0 Å². The lowest BCUT2D eigenvalue weighted by atomic mass is 9.93. The minimum atomic E-state index is 0.209. The van der Waals surface area contributed by atoms with Crippen molar-refractivity contribution in [2.24, 2.45) is 0 Å². The van der Waals surface area contributed by atoms with Crippen molar-refractivity contribution < 1.29 is 4.74 Å². The Morgan fingerprint density at radius 1 is 1.21 bits per heavy atom. The molecular formula is C12H23NO. The van der Waals surface area contributed by atoms with Gasteiger partial charge in [0, 0.05) is 6.54 Å². The average molecular weight is 197 g/mol. The van der Waals surface area contributed by atoms with E-state index in [1.165, 1.54) is 44.9 Å². The molecule has 2 aliphatic rings. The molecule has 0 atom stereocenters. The maximum absolute atomic E-state index is 6.27. The van der Waals surface area contributed by atoms with E-state index in [0.29, 0.717) is 6.10 Å². The van der Waals surface area contributed by atoms with Crippen molar-refractivity contribution >= 4 is 0 Å². The van der Waals surface area contributed by atoms with E-state index in [2.05, 4.69) is 12.2 Å². The molecule has 2 saturated carbocycles. The van der Waals surface area contributed by atoms with E-state index in [1.54, 1.807) is 0 Å². The van der Waals surface area contributed by atoms with Crippen molar-refractivity contribution in [1.82, 2.24) is 5.32 Å². The van der Waals surface area contributed by atoms with Crippen LogP contribution < -0.4 is 5.32 Å². The van der Waals surface area contributed by atoms with Gasteiger partial charge in [0.2, 0.25) is 0 Å². The first-order valence-electron chi connectivity index (χ1n) is 6.23. The third-order valence-electron chi connectivity index (χ3n) is 3.68. The van der Waals surface area contributed by atoms with E-state index in [0.717, 1.165) is 13.1 Å². The highest BCUT2D eigenvalue weighted by Gasteiger charge is 2.37. The van der Waals surface area contributed by atoms with Gasteiger partial charge in [-0.15, -0.1) is 0 Å². The number of rotatable bonds is 5.